The zero-order valence-electron chi connectivity index (χ0n) is 18.8. The van der Waals surface area contributed by atoms with Crippen molar-refractivity contribution >= 4 is 23.7 Å². The van der Waals surface area contributed by atoms with E-state index < -0.39 is 74.2 Å². The van der Waals surface area contributed by atoms with Crippen LogP contribution < -0.4 is 28.3 Å². The fourth-order valence-corrected chi connectivity index (χ4v) is 3.47. The zero-order valence-corrected chi connectivity index (χ0v) is 18.8. The number of carboxylic acids is 1. The Morgan fingerprint density at radius 3 is 2.60 bits per heavy atom. The minimum absolute atomic E-state index is 0.0118. The molecular formula is C19H32N8O8. The Balaban J connectivity index is 2.40. The number of aliphatic carboxylic acids is 1. The third kappa shape index (κ3) is 6.87. The molecule has 1 amide bonds. The molecule has 0 fully saturated rings. The lowest BCUT2D eigenvalue weighted by Crippen LogP contribution is -2.64. The van der Waals surface area contributed by atoms with Crippen LogP contribution in [-0.4, -0.2) is 117 Å². The van der Waals surface area contributed by atoms with E-state index in [2.05, 4.69) is 15.3 Å². The number of ether oxygens (including phenoxy) is 1. The summed E-state index contributed by atoms with van der Waals surface area (Å²) in [5, 5.41) is 52.4. The van der Waals surface area contributed by atoms with Crippen LogP contribution in [0.15, 0.2) is 33.9 Å². The van der Waals surface area contributed by atoms with Gasteiger partial charge in [0.15, 0.2) is 17.8 Å². The maximum Gasteiger partial charge on any atom is 0.338 e. The number of nitrogens with one attached hydrogen (secondary N) is 1. The van der Waals surface area contributed by atoms with Crippen LogP contribution in [0.1, 0.15) is 6.42 Å². The molecule has 0 saturated carbocycles. The maximum atomic E-state index is 12.3. The van der Waals surface area contributed by atoms with Crippen LogP contribution in [-0.2, 0) is 14.3 Å². The van der Waals surface area contributed by atoms with Gasteiger partial charge in [-0.05, 0) is 6.08 Å². The second kappa shape index (κ2) is 11.9. The van der Waals surface area contributed by atoms with Gasteiger partial charge in [-0.3, -0.25) is 9.79 Å². The average molecular weight is 501 g/mol. The summed E-state index contributed by atoms with van der Waals surface area (Å²) >= 11 is 0. The maximum absolute atomic E-state index is 12.3. The standard InChI is InChI=1S/C19H32N8O8/c20-11(7-29)16(31)26-12-1-2-13(27-5-9(6-28)15(21)25-8-27)35-14(12)19(34,17(32)33)3-10(30)4-24-18(22)23/h1-2,5,10-14,28-30,34H,3-4,6-8,20H2,(H2,21,25)(H,26,31)(H,32,33)(H4,22,23,24)/t10-,11-,12-,13+,14-,19+/m0/s1. The molecule has 0 spiro atoms. The van der Waals surface area contributed by atoms with Gasteiger partial charge in [0, 0.05) is 18.2 Å². The van der Waals surface area contributed by atoms with Crippen LogP contribution in [0.25, 0.3) is 0 Å². The van der Waals surface area contributed by atoms with Gasteiger partial charge in [-0.1, -0.05) is 6.08 Å². The van der Waals surface area contributed by atoms with E-state index in [9.17, 15) is 30.0 Å². The molecule has 0 radical (unpaired) electrons. The van der Waals surface area contributed by atoms with Crippen molar-refractivity contribution < 1.29 is 39.9 Å². The fourth-order valence-electron chi connectivity index (χ4n) is 3.47. The topological polar surface area (TPSA) is 289 Å². The largest absolute Gasteiger partial charge is 0.479 e. The SMILES string of the molecule is NC(N)=NC[C@@H](O)C[C@](O)(C(=O)O)[C@H]1O[C@@H](N2C=C(CO)C(N)=NC2)C=C[C@@H]1NC(=O)[C@@H](N)CO. The summed E-state index contributed by atoms with van der Waals surface area (Å²) in [5.41, 5.74) is 19.3. The first kappa shape index (κ1) is 28.0. The lowest BCUT2D eigenvalue weighted by Gasteiger charge is -2.44. The summed E-state index contributed by atoms with van der Waals surface area (Å²) in [6, 6.07) is -2.55. The van der Waals surface area contributed by atoms with E-state index in [0.717, 1.165) is 0 Å². The van der Waals surface area contributed by atoms with Crippen LogP contribution in [0, 0.1) is 0 Å². The van der Waals surface area contributed by atoms with Crippen molar-refractivity contribution in [2.45, 2.75) is 42.5 Å². The molecule has 2 aliphatic heterocycles. The molecule has 0 aromatic carbocycles. The van der Waals surface area contributed by atoms with Gasteiger partial charge in [-0.15, -0.1) is 0 Å². The van der Waals surface area contributed by atoms with E-state index in [1.54, 1.807) is 0 Å². The number of amides is 1. The minimum Gasteiger partial charge on any atom is -0.479 e. The van der Waals surface area contributed by atoms with Gasteiger partial charge in [-0.2, -0.15) is 0 Å². The zero-order chi connectivity index (χ0) is 26.3. The molecule has 16 heteroatoms. The minimum atomic E-state index is -2.75. The number of carbonyl (C=O) groups is 2. The summed E-state index contributed by atoms with van der Waals surface area (Å²) in [5.74, 6) is -2.81. The molecule has 0 aliphatic carbocycles. The van der Waals surface area contributed by atoms with Gasteiger partial charge in [0.05, 0.1) is 31.9 Å². The van der Waals surface area contributed by atoms with Gasteiger partial charge >= 0.3 is 5.97 Å². The lowest BCUT2D eigenvalue weighted by atomic mass is 9.84. The smallest absolute Gasteiger partial charge is 0.338 e. The highest BCUT2D eigenvalue weighted by atomic mass is 16.5. The molecule has 0 unspecified atom stereocenters. The predicted molar refractivity (Wildman–Crippen MR) is 122 cm³/mol. The van der Waals surface area contributed by atoms with Crippen molar-refractivity contribution in [1.29, 1.82) is 0 Å². The summed E-state index contributed by atoms with van der Waals surface area (Å²) in [7, 11) is 0. The highest BCUT2D eigenvalue weighted by Crippen LogP contribution is 2.30. The molecule has 0 aromatic heterocycles. The summed E-state index contributed by atoms with van der Waals surface area (Å²) in [6.07, 6.45) is -0.625. The number of guanidine groups is 1. The number of nitrogens with zero attached hydrogens (tertiary/aromatic N) is 3. The van der Waals surface area contributed by atoms with Crippen molar-refractivity contribution in [2.75, 3.05) is 26.4 Å². The summed E-state index contributed by atoms with van der Waals surface area (Å²) < 4.78 is 5.89. The third-order valence-corrected chi connectivity index (χ3v) is 5.36. The van der Waals surface area contributed by atoms with E-state index >= 15 is 0 Å². The Labute approximate surface area is 200 Å². The molecule has 14 N–H and O–H groups in total. The van der Waals surface area contributed by atoms with Gasteiger partial charge in [0.1, 0.15) is 24.7 Å². The first-order valence-electron chi connectivity index (χ1n) is 10.5. The van der Waals surface area contributed by atoms with Crippen molar-refractivity contribution in [2.24, 2.45) is 32.9 Å². The number of carbonyl (C=O) groups excluding carboxylic acids is 1. The Hall–Kier alpha value is -3.28. The van der Waals surface area contributed by atoms with Crippen molar-refractivity contribution in [3.05, 3.63) is 23.9 Å². The molecule has 6 atom stereocenters. The number of hydrogen-bond donors (Lipinski definition) is 10. The summed E-state index contributed by atoms with van der Waals surface area (Å²) in [6.45, 7) is -1.51. The number of rotatable bonds is 11. The molecule has 2 heterocycles. The van der Waals surface area contributed by atoms with E-state index in [4.69, 9.17) is 32.8 Å². The second-order valence-corrected chi connectivity index (χ2v) is 8.02. The molecule has 0 aromatic rings. The molecule has 2 rings (SSSR count). The third-order valence-electron chi connectivity index (χ3n) is 5.36. The van der Waals surface area contributed by atoms with Gasteiger partial charge in [0.25, 0.3) is 0 Å². The first-order valence-corrected chi connectivity index (χ1v) is 10.5. The molecular weight excluding hydrogens is 468 g/mol. The molecule has 16 nitrogen and oxygen atoms in total. The van der Waals surface area contributed by atoms with Crippen LogP contribution in [0.2, 0.25) is 0 Å². The molecule has 196 valence electrons. The van der Waals surface area contributed by atoms with E-state index in [1.165, 1.54) is 23.3 Å². The van der Waals surface area contributed by atoms with Gasteiger partial charge < -0.3 is 63.4 Å². The Morgan fingerprint density at radius 1 is 1.34 bits per heavy atom. The quantitative estimate of drug-likeness (QED) is 0.0720. The van der Waals surface area contributed by atoms with Gasteiger partial charge in [-0.25, -0.2) is 9.79 Å². The Bertz CT molecular complexity index is 905. The average Bonchev–Trinajstić information content (AvgIpc) is 2.82. The van der Waals surface area contributed by atoms with Crippen LogP contribution in [0.5, 0.6) is 0 Å². The number of hydrogen-bond acceptors (Lipinski definition) is 12. The van der Waals surface area contributed by atoms with Crippen molar-refractivity contribution in [1.82, 2.24) is 10.2 Å². The second-order valence-electron chi connectivity index (χ2n) is 8.02. The highest BCUT2D eigenvalue weighted by molar-refractivity contribution is 5.97. The van der Waals surface area contributed by atoms with Crippen LogP contribution >= 0.6 is 0 Å². The van der Waals surface area contributed by atoms with E-state index in [-0.39, 0.29) is 24.0 Å². The van der Waals surface area contributed by atoms with Crippen molar-refractivity contribution in [3.63, 3.8) is 0 Å². The number of aliphatic hydroxyl groups is 4. The molecule has 2 aliphatic rings. The van der Waals surface area contributed by atoms with Crippen molar-refractivity contribution in [3.8, 4) is 0 Å². The fraction of sp³-hybridized carbons (Fsp3) is 0.579. The number of aliphatic hydroxyl groups excluding tert-OH is 3. The van der Waals surface area contributed by atoms with Gasteiger partial charge in [0.2, 0.25) is 5.91 Å². The van der Waals surface area contributed by atoms with Crippen LogP contribution in [0.4, 0.5) is 0 Å². The normalized spacial score (nSPS) is 25.5. The number of nitrogens with two attached hydrogens (primary N) is 4. The number of amidine groups is 1. The van der Waals surface area contributed by atoms with Crippen LogP contribution in [0.3, 0.4) is 0 Å². The predicted octanol–water partition coefficient (Wildman–Crippen LogP) is -5.58. The molecule has 0 bridgehead atoms. The first-order chi connectivity index (χ1) is 16.4. The lowest BCUT2D eigenvalue weighted by molar-refractivity contribution is -0.200. The Morgan fingerprint density at radius 2 is 2.03 bits per heavy atom. The number of aliphatic imine (C=N–C) groups is 2. The van der Waals surface area contributed by atoms with E-state index in [0.29, 0.717) is 0 Å². The number of carboxylic acid groups (broad SMARTS) is 1. The summed E-state index contributed by atoms with van der Waals surface area (Å²) in [4.78, 5) is 33.7. The molecule has 35 heavy (non-hydrogen) atoms. The highest BCUT2D eigenvalue weighted by Gasteiger charge is 2.52. The van der Waals surface area contributed by atoms with E-state index in [1.807, 2.05) is 0 Å². The monoisotopic (exact) mass is 500 g/mol. The molecule has 0 saturated heterocycles. The Kier molecular flexibility index (Phi) is 9.52.